The standard InChI is InChI=1S/C7H9N2/c1-9-7-5-3-2-4-6(7)8/h2-3,5,9H,8H2,1H3. The molecule has 2 heteroatoms. The minimum absolute atomic E-state index is 0.667. The highest BCUT2D eigenvalue weighted by molar-refractivity contribution is 5.64. The Morgan fingerprint density at radius 2 is 2.44 bits per heavy atom. The van der Waals surface area contributed by atoms with Gasteiger partial charge in [-0.25, -0.2) is 0 Å². The summed E-state index contributed by atoms with van der Waals surface area (Å²) in [6.45, 7) is 0. The van der Waals surface area contributed by atoms with E-state index in [0.717, 1.165) is 5.69 Å². The van der Waals surface area contributed by atoms with Gasteiger partial charge < -0.3 is 11.1 Å². The van der Waals surface area contributed by atoms with Crippen LogP contribution in [0.15, 0.2) is 18.2 Å². The molecule has 1 aromatic carbocycles. The van der Waals surface area contributed by atoms with E-state index in [1.807, 2.05) is 19.2 Å². The second-order valence-corrected chi connectivity index (χ2v) is 1.75. The lowest BCUT2D eigenvalue weighted by Crippen LogP contribution is -1.93. The number of benzene rings is 1. The van der Waals surface area contributed by atoms with E-state index in [9.17, 15) is 0 Å². The summed E-state index contributed by atoms with van der Waals surface area (Å²) in [5, 5.41) is 2.94. The minimum atomic E-state index is 0.667. The van der Waals surface area contributed by atoms with Gasteiger partial charge in [-0.2, -0.15) is 0 Å². The van der Waals surface area contributed by atoms with Crippen molar-refractivity contribution >= 4 is 11.4 Å². The molecule has 0 aromatic heterocycles. The van der Waals surface area contributed by atoms with Crippen LogP contribution < -0.4 is 11.1 Å². The summed E-state index contributed by atoms with van der Waals surface area (Å²) in [7, 11) is 1.83. The molecule has 1 radical (unpaired) electrons. The first-order valence-corrected chi connectivity index (χ1v) is 2.78. The van der Waals surface area contributed by atoms with Crippen LogP contribution in [0, 0.1) is 6.07 Å². The molecule has 0 aliphatic rings. The molecule has 0 saturated carbocycles. The van der Waals surface area contributed by atoms with Gasteiger partial charge in [0.05, 0.1) is 11.4 Å². The monoisotopic (exact) mass is 121 g/mol. The maximum absolute atomic E-state index is 5.51. The molecule has 0 spiro atoms. The molecule has 0 amide bonds. The molecule has 2 nitrogen and oxygen atoms in total. The molecule has 0 unspecified atom stereocenters. The summed E-state index contributed by atoms with van der Waals surface area (Å²) in [5.74, 6) is 0. The van der Waals surface area contributed by atoms with Gasteiger partial charge in [0.2, 0.25) is 0 Å². The first-order chi connectivity index (χ1) is 4.34. The van der Waals surface area contributed by atoms with Gasteiger partial charge in [-0.05, 0) is 6.07 Å². The third kappa shape index (κ3) is 1.13. The highest BCUT2D eigenvalue weighted by Gasteiger charge is 1.90. The van der Waals surface area contributed by atoms with E-state index in [1.54, 1.807) is 6.07 Å². The van der Waals surface area contributed by atoms with Gasteiger partial charge in [-0.1, -0.05) is 12.1 Å². The number of anilines is 2. The Hall–Kier alpha value is -1.18. The van der Waals surface area contributed by atoms with Crippen LogP contribution in [0.25, 0.3) is 0 Å². The Labute approximate surface area is 54.7 Å². The SMILES string of the molecule is CNc1ccc[c]c1N. The summed E-state index contributed by atoms with van der Waals surface area (Å²) in [6.07, 6.45) is 0. The molecule has 0 aliphatic heterocycles. The number of para-hydroxylation sites is 1. The normalized spacial score (nSPS) is 9.00. The number of rotatable bonds is 1. The fraction of sp³-hybridized carbons (Fsp3) is 0.143. The number of hydrogen-bond donors (Lipinski definition) is 2. The van der Waals surface area contributed by atoms with Crippen LogP contribution in [0.3, 0.4) is 0 Å². The molecule has 0 bridgehead atoms. The van der Waals surface area contributed by atoms with E-state index in [4.69, 9.17) is 5.73 Å². The zero-order chi connectivity index (χ0) is 6.69. The molecule has 0 heterocycles. The summed E-state index contributed by atoms with van der Waals surface area (Å²) >= 11 is 0. The molecule has 1 aromatic rings. The zero-order valence-electron chi connectivity index (χ0n) is 5.31. The summed E-state index contributed by atoms with van der Waals surface area (Å²) in [6, 6.07) is 8.45. The third-order valence-electron chi connectivity index (χ3n) is 1.16. The summed E-state index contributed by atoms with van der Waals surface area (Å²) < 4.78 is 0. The molecule has 0 aliphatic carbocycles. The summed E-state index contributed by atoms with van der Waals surface area (Å²) in [4.78, 5) is 0. The van der Waals surface area contributed by atoms with Gasteiger partial charge in [-0.3, -0.25) is 0 Å². The predicted octanol–water partition coefficient (Wildman–Crippen LogP) is 1.11. The first-order valence-electron chi connectivity index (χ1n) is 2.78. The minimum Gasteiger partial charge on any atom is -0.397 e. The van der Waals surface area contributed by atoms with Gasteiger partial charge in [0, 0.05) is 13.1 Å². The number of nitrogen functional groups attached to an aromatic ring is 1. The van der Waals surface area contributed by atoms with Crippen LogP contribution in [-0.4, -0.2) is 7.05 Å². The summed E-state index contributed by atoms with van der Waals surface area (Å²) in [5.41, 5.74) is 7.11. The van der Waals surface area contributed by atoms with Gasteiger partial charge in [0.1, 0.15) is 0 Å². The number of hydrogen-bond acceptors (Lipinski definition) is 2. The van der Waals surface area contributed by atoms with Crippen molar-refractivity contribution in [3.8, 4) is 0 Å². The molecule has 0 atom stereocenters. The van der Waals surface area contributed by atoms with Crippen LogP contribution in [0.2, 0.25) is 0 Å². The fourth-order valence-electron chi connectivity index (χ4n) is 0.668. The van der Waals surface area contributed by atoms with Crippen LogP contribution in [0.5, 0.6) is 0 Å². The zero-order valence-corrected chi connectivity index (χ0v) is 5.31. The smallest absolute Gasteiger partial charge is 0.0630 e. The number of nitrogens with one attached hydrogen (secondary N) is 1. The lowest BCUT2D eigenvalue weighted by molar-refractivity contribution is 1.51. The van der Waals surface area contributed by atoms with Crippen molar-refractivity contribution in [2.24, 2.45) is 0 Å². The molecule has 0 fully saturated rings. The molecular formula is C7H9N2. The van der Waals surface area contributed by atoms with Crippen molar-refractivity contribution in [1.29, 1.82) is 0 Å². The van der Waals surface area contributed by atoms with Crippen LogP contribution in [0.4, 0.5) is 11.4 Å². The van der Waals surface area contributed by atoms with Crippen molar-refractivity contribution in [2.75, 3.05) is 18.1 Å². The van der Waals surface area contributed by atoms with E-state index in [0.29, 0.717) is 5.69 Å². The van der Waals surface area contributed by atoms with Crippen LogP contribution >= 0.6 is 0 Å². The Morgan fingerprint density at radius 1 is 1.67 bits per heavy atom. The van der Waals surface area contributed by atoms with Crippen molar-refractivity contribution in [3.05, 3.63) is 24.3 Å². The van der Waals surface area contributed by atoms with Gasteiger partial charge in [-0.15, -0.1) is 0 Å². The van der Waals surface area contributed by atoms with E-state index in [-0.39, 0.29) is 0 Å². The van der Waals surface area contributed by atoms with Crippen LogP contribution in [0.1, 0.15) is 0 Å². The van der Waals surface area contributed by atoms with Crippen molar-refractivity contribution in [2.45, 2.75) is 0 Å². The van der Waals surface area contributed by atoms with Gasteiger partial charge >= 0.3 is 0 Å². The van der Waals surface area contributed by atoms with E-state index >= 15 is 0 Å². The Morgan fingerprint density at radius 3 is 2.89 bits per heavy atom. The average molecular weight is 121 g/mol. The Balaban J connectivity index is 3.01. The van der Waals surface area contributed by atoms with Crippen molar-refractivity contribution < 1.29 is 0 Å². The van der Waals surface area contributed by atoms with E-state index in [2.05, 4.69) is 11.4 Å². The maximum atomic E-state index is 5.51. The lowest BCUT2D eigenvalue weighted by atomic mass is 10.3. The molecule has 47 valence electrons. The molecule has 3 N–H and O–H groups in total. The lowest BCUT2D eigenvalue weighted by Gasteiger charge is -2.00. The second-order valence-electron chi connectivity index (χ2n) is 1.75. The van der Waals surface area contributed by atoms with Crippen molar-refractivity contribution in [1.82, 2.24) is 0 Å². The van der Waals surface area contributed by atoms with E-state index < -0.39 is 0 Å². The second kappa shape index (κ2) is 2.40. The van der Waals surface area contributed by atoms with Crippen LogP contribution in [-0.2, 0) is 0 Å². The van der Waals surface area contributed by atoms with Gasteiger partial charge in [0.15, 0.2) is 0 Å². The third-order valence-corrected chi connectivity index (χ3v) is 1.16. The molecular weight excluding hydrogens is 112 g/mol. The largest absolute Gasteiger partial charge is 0.397 e. The highest BCUT2D eigenvalue weighted by Crippen LogP contribution is 2.13. The number of nitrogens with two attached hydrogens (primary N) is 1. The Kier molecular flexibility index (Phi) is 1.58. The quantitative estimate of drug-likeness (QED) is 0.546. The fourth-order valence-corrected chi connectivity index (χ4v) is 0.668. The van der Waals surface area contributed by atoms with Gasteiger partial charge in [0.25, 0.3) is 0 Å². The predicted molar refractivity (Wildman–Crippen MR) is 39.2 cm³/mol. The maximum Gasteiger partial charge on any atom is 0.0630 e. The van der Waals surface area contributed by atoms with Crippen molar-refractivity contribution in [3.63, 3.8) is 0 Å². The topological polar surface area (TPSA) is 38.0 Å². The first kappa shape index (κ1) is 5.95. The average Bonchev–Trinajstić information content (AvgIpc) is 1.89. The van der Waals surface area contributed by atoms with E-state index in [1.165, 1.54) is 0 Å². The highest BCUT2D eigenvalue weighted by atomic mass is 14.8. The Bertz CT molecular complexity index is 196. The molecule has 0 saturated heterocycles. The molecule has 9 heavy (non-hydrogen) atoms. The molecule has 1 rings (SSSR count).